The van der Waals surface area contributed by atoms with Crippen LogP contribution in [0.4, 0.5) is 10.3 Å². The van der Waals surface area contributed by atoms with Crippen LogP contribution >= 0.6 is 11.8 Å². The van der Waals surface area contributed by atoms with Crippen LogP contribution in [0.15, 0.2) is 38.6 Å². The monoisotopic (exact) mass is 444 g/mol. The first-order valence-corrected chi connectivity index (χ1v) is 11.4. The summed E-state index contributed by atoms with van der Waals surface area (Å²) in [5, 5.41) is 6.33. The summed E-state index contributed by atoms with van der Waals surface area (Å²) in [6, 6.07) is 5.31. The Morgan fingerprint density at radius 2 is 1.93 bits per heavy atom. The molecular weight excluding hydrogens is 419 g/mol. The van der Waals surface area contributed by atoms with Crippen molar-refractivity contribution in [2.45, 2.75) is 47.6 Å². The van der Waals surface area contributed by atoms with Crippen molar-refractivity contribution < 1.29 is 26.9 Å². The minimum absolute atomic E-state index is 0.00402. The van der Waals surface area contributed by atoms with E-state index < -0.39 is 36.6 Å². The van der Waals surface area contributed by atoms with Gasteiger partial charge in [0.25, 0.3) is 0 Å². The zero-order chi connectivity index (χ0) is 22.0. The number of ether oxygens (including phenoxy) is 1. The van der Waals surface area contributed by atoms with E-state index in [1.165, 1.54) is 43.8 Å². The van der Waals surface area contributed by atoms with E-state index in [-0.39, 0.29) is 5.88 Å². The molecule has 0 aliphatic carbocycles. The van der Waals surface area contributed by atoms with Gasteiger partial charge in [-0.1, -0.05) is 19.0 Å². The van der Waals surface area contributed by atoms with Crippen molar-refractivity contribution in [1.29, 1.82) is 0 Å². The van der Waals surface area contributed by atoms with Gasteiger partial charge in [-0.2, -0.15) is 0 Å². The molecule has 0 saturated heterocycles. The number of carbonyl (C=O) groups excluding carboxylic acids is 1. The lowest BCUT2D eigenvalue weighted by atomic mass is 9.90. The van der Waals surface area contributed by atoms with Gasteiger partial charge in [-0.25, -0.2) is 12.8 Å². The van der Waals surface area contributed by atoms with Crippen LogP contribution in [0.2, 0.25) is 0 Å². The Morgan fingerprint density at radius 1 is 1.28 bits per heavy atom. The smallest absolute Gasteiger partial charge is 0.248 e. The van der Waals surface area contributed by atoms with Crippen molar-refractivity contribution in [3.63, 3.8) is 0 Å². The summed E-state index contributed by atoms with van der Waals surface area (Å²) in [6.45, 7) is 6.57. The number of nitrogens with one attached hydrogen (secondary N) is 1. The molecule has 0 radical (unpaired) electrons. The van der Waals surface area contributed by atoms with Gasteiger partial charge in [0.05, 0.1) is 12.3 Å². The third-order valence-corrected chi connectivity index (χ3v) is 7.76. The maximum Gasteiger partial charge on any atom is 0.248 e. The highest BCUT2D eigenvalue weighted by atomic mass is 32.2. The number of rotatable bonds is 8. The van der Waals surface area contributed by atoms with Crippen LogP contribution in [-0.2, 0) is 24.8 Å². The first-order valence-electron chi connectivity index (χ1n) is 8.72. The van der Waals surface area contributed by atoms with Crippen molar-refractivity contribution in [3.05, 3.63) is 35.8 Å². The first kappa shape index (κ1) is 23.4. The van der Waals surface area contributed by atoms with Crippen LogP contribution < -0.4 is 5.32 Å². The van der Waals surface area contributed by atoms with E-state index in [4.69, 9.17) is 9.26 Å². The number of hydrogen-bond donors (Lipinski definition) is 1. The minimum atomic E-state index is -4.32. The van der Waals surface area contributed by atoms with E-state index in [1.54, 1.807) is 13.4 Å². The second-order valence-electron chi connectivity index (χ2n) is 7.66. The highest BCUT2D eigenvalue weighted by Crippen LogP contribution is 2.31. The molecule has 1 amide bonds. The van der Waals surface area contributed by atoms with E-state index in [1.807, 2.05) is 13.8 Å². The standard InChI is InChI=1S/C19H25FN2O5S2/c1-18(2,11-26-5)15-10-16(27-22-15)21-17(23)19(3,4)29(24,25)14-8-7-12(28-6)9-13(14)20/h7-10H,11H2,1-6H3,(H,21,23). The van der Waals surface area contributed by atoms with E-state index in [2.05, 4.69) is 10.5 Å². The van der Waals surface area contributed by atoms with Crippen LogP contribution in [0.25, 0.3) is 0 Å². The number of benzene rings is 1. The first-order chi connectivity index (χ1) is 13.4. The molecule has 0 aliphatic heterocycles. The van der Waals surface area contributed by atoms with Gasteiger partial charge in [-0.15, -0.1) is 11.8 Å². The van der Waals surface area contributed by atoms with E-state index >= 15 is 0 Å². The molecule has 7 nitrogen and oxygen atoms in total. The maximum atomic E-state index is 14.4. The number of anilines is 1. The SMILES string of the molecule is COCC(C)(C)c1cc(NC(=O)C(C)(C)S(=O)(=O)c2ccc(SC)cc2F)on1. The molecule has 0 aliphatic rings. The van der Waals surface area contributed by atoms with Crippen molar-refractivity contribution >= 4 is 33.4 Å². The Balaban J connectivity index is 2.29. The van der Waals surface area contributed by atoms with Crippen LogP contribution in [0, 0.1) is 5.82 Å². The molecule has 0 spiro atoms. The molecule has 2 rings (SSSR count). The number of halogens is 1. The molecule has 1 heterocycles. The number of hydrogen-bond acceptors (Lipinski definition) is 7. The lowest BCUT2D eigenvalue weighted by Gasteiger charge is -2.23. The van der Waals surface area contributed by atoms with Crippen molar-refractivity contribution in [3.8, 4) is 0 Å². The van der Waals surface area contributed by atoms with Crippen LogP contribution in [0.3, 0.4) is 0 Å². The Kier molecular flexibility index (Phi) is 6.81. The quantitative estimate of drug-likeness (QED) is 0.621. The fourth-order valence-corrected chi connectivity index (χ4v) is 4.41. The van der Waals surface area contributed by atoms with Gasteiger partial charge in [-0.3, -0.25) is 10.1 Å². The van der Waals surface area contributed by atoms with E-state index in [0.29, 0.717) is 17.2 Å². The maximum absolute atomic E-state index is 14.4. The predicted molar refractivity (Wildman–Crippen MR) is 109 cm³/mol. The number of methoxy groups -OCH3 is 1. The molecule has 0 atom stereocenters. The highest BCUT2D eigenvalue weighted by molar-refractivity contribution is 7.98. The number of nitrogens with zero attached hydrogens (tertiary/aromatic N) is 1. The Morgan fingerprint density at radius 3 is 2.48 bits per heavy atom. The average molecular weight is 445 g/mol. The summed E-state index contributed by atoms with van der Waals surface area (Å²) in [6.07, 6.45) is 1.75. The van der Waals surface area contributed by atoms with E-state index in [9.17, 15) is 17.6 Å². The normalized spacial score (nSPS) is 12.8. The molecule has 1 aromatic heterocycles. The number of sulfone groups is 1. The molecule has 1 aromatic carbocycles. The predicted octanol–water partition coefficient (Wildman–Crippen LogP) is 3.65. The van der Waals surface area contributed by atoms with Gasteiger partial charge in [0, 0.05) is 23.5 Å². The topological polar surface area (TPSA) is 98.5 Å². The second kappa shape index (κ2) is 8.45. The molecule has 160 valence electrons. The number of aromatic nitrogens is 1. The zero-order valence-corrected chi connectivity index (χ0v) is 18.8. The van der Waals surface area contributed by atoms with Crippen LogP contribution in [0.5, 0.6) is 0 Å². The zero-order valence-electron chi connectivity index (χ0n) is 17.2. The number of carbonyl (C=O) groups is 1. The third kappa shape index (κ3) is 4.65. The Labute approximate surface area is 174 Å². The Hall–Kier alpha value is -1.91. The van der Waals surface area contributed by atoms with Crippen molar-refractivity contribution in [1.82, 2.24) is 5.16 Å². The van der Waals surface area contributed by atoms with Gasteiger partial charge in [-0.05, 0) is 38.3 Å². The third-order valence-electron chi connectivity index (χ3n) is 4.59. The number of amides is 1. The lowest BCUT2D eigenvalue weighted by Crippen LogP contribution is -2.44. The van der Waals surface area contributed by atoms with Crippen molar-refractivity contribution in [2.75, 3.05) is 25.3 Å². The lowest BCUT2D eigenvalue weighted by molar-refractivity contribution is -0.118. The van der Waals surface area contributed by atoms with Crippen molar-refractivity contribution in [2.24, 2.45) is 0 Å². The molecular formula is C19H25FN2O5S2. The van der Waals surface area contributed by atoms with Gasteiger partial charge in [0.2, 0.25) is 11.8 Å². The summed E-state index contributed by atoms with van der Waals surface area (Å²) in [4.78, 5) is 12.8. The fraction of sp³-hybridized carbons (Fsp3) is 0.474. The summed E-state index contributed by atoms with van der Waals surface area (Å²) < 4.78 is 48.7. The summed E-state index contributed by atoms with van der Waals surface area (Å²) in [5.41, 5.74) is 0.0688. The van der Waals surface area contributed by atoms with Crippen LogP contribution in [-0.4, -0.2) is 44.2 Å². The van der Waals surface area contributed by atoms with Gasteiger partial charge in [0.15, 0.2) is 9.84 Å². The second-order valence-corrected chi connectivity index (χ2v) is 11.0. The van der Waals surface area contributed by atoms with E-state index in [0.717, 1.165) is 6.07 Å². The minimum Gasteiger partial charge on any atom is -0.384 e. The largest absolute Gasteiger partial charge is 0.384 e. The Bertz CT molecular complexity index is 1000. The summed E-state index contributed by atoms with van der Waals surface area (Å²) in [5.74, 6) is -1.77. The fourth-order valence-electron chi connectivity index (χ4n) is 2.57. The average Bonchev–Trinajstić information content (AvgIpc) is 3.10. The molecule has 0 saturated carbocycles. The van der Waals surface area contributed by atoms with Gasteiger partial charge < -0.3 is 9.26 Å². The summed E-state index contributed by atoms with van der Waals surface area (Å²) >= 11 is 1.28. The molecule has 0 fully saturated rings. The molecule has 29 heavy (non-hydrogen) atoms. The molecule has 1 N–H and O–H groups in total. The van der Waals surface area contributed by atoms with Gasteiger partial charge in [0.1, 0.15) is 15.5 Å². The molecule has 2 aromatic rings. The summed E-state index contributed by atoms with van der Waals surface area (Å²) in [7, 11) is -2.76. The number of thioether (sulfide) groups is 1. The molecule has 10 heteroatoms. The van der Waals surface area contributed by atoms with Gasteiger partial charge >= 0.3 is 0 Å². The molecule has 0 bridgehead atoms. The van der Waals surface area contributed by atoms with Crippen LogP contribution in [0.1, 0.15) is 33.4 Å². The molecule has 0 unspecified atom stereocenters. The highest BCUT2D eigenvalue weighted by Gasteiger charge is 2.44.